The van der Waals surface area contributed by atoms with E-state index in [1.165, 1.54) is 7.05 Å². The molecule has 1 N–H and O–H groups in total. The molecule has 1 aliphatic heterocycles. The summed E-state index contributed by atoms with van der Waals surface area (Å²) in [5.41, 5.74) is -0.789. The third-order valence-electron chi connectivity index (χ3n) is 4.18. The summed E-state index contributed by atoms with van der Waals surface area (Å²) in [7, 11) is -1.86. The molecule has 5 nitrogen and oxygen atoms in total. The van der Waals surface area contributed by atoms with E-state index in [1.54, 1.807) is 18.7 Å². The molecular formula is C15H19F4N3O2S. The smallest absolute Gasteiger partial charge is 0.193 e. The largest absolute Gasteiger partial charge is 0.352 e. The molecule has 1 aliphatic rings. The molecule has 0 aliphatic carbocycles. The van der Waals surface area contributed by atoms with E-state index >= 15 is 0 Å². The summed E-state index contributed by atoms with van der Waals surface area (Å²) in [5, 5.41) is 2.62. The summed E-state index contributed by atoms with van der Waals surface area (Å²) < 4.78 is 77.0. The molecule has 1 fully saturated rings. The van der Waals surface area contributed by atoms with Crippen molar-refractivity contribution in [1.29, 1.82) is 0 Å². The topological polar surface area (TPSA) is 61.8 Å². The summed E-state index contributed by atoms with van der Waals surface area (Å²) in [4.78, 5) is 5.57. The van der Waals surface area contributed by atoms with Gasteiger partial charge in [-0.25, -0.2) is 26.0 Å². The van der Waals surface area contributed by atoms with Crippen LogP contribution in [0.2, 0.25) is 0 Å². The second-order valence-electron chi connectivity index (χ2n) is 6.35. The van der Waals surface area contributed by atoms with Crippen LogP contribution in [0.3, 0.4) is 0 Å². The molecule has 0 amide bonds. The van der Waals surface area contributed by atoms with Crippen molar-refractivity contribution in [2.45, 2.75) is 25.1 Å². The molecule has 1 aromatic carbocycles. The Hall–Kier alpha value is -1.84. The van der Waals surface area contributed by atoms with Crippen LogP contribution in [0.4, 0.5) is 17.6 Å². The lowest BCUT2D eigenvalue weighted by atomic mass is 10.1. The fourth-order valence-corrected chi connectivity index (χ4v) is 3.97. The average Bonchev–Trinajstić information content (AvgIpc) is 2.52. The Morgan fingerprint density at radius 1 is 1.24 bits per heavy atom. The van der Waals surface area contributed by atoms with Crippen molar-refractivity contribution < 1.29 is 26.0 Å². The van der Waals surface area contributed by atoms with Crippen molar-refractivity contribution in [2.75, 3.05) is 25.9 Å². The second-order valence-corrected chi connectivity index (χ2v) is 9.09. The molecule has 1 saturated heterocycles. The molecule has 0 aromatic heterocycles. The molecule has 2 rings (SSSR count). The van der Waals surface area contributed by atoms with Gasteiger partial charge in [-0.15, -0.1) is 0 Å². The van der Waals surface area contributed by atoms with E-state index in [4.69, 9.17) is 0 Å². The Balaban J connectivity index is 2.18. The lowest BCUT2D eigenvalue weighted by Gasteiger charge is -2.39. The van der Waals surface area contributed by atoms with Gasteiger partial charge in [-0.3, -0.25) is 4.99 Å². The Morgan fingerprint density at radius 3 is 2.28 bits per heavy atom. The molecule has 140 valence electrons. The molecule has 0 spiro atoms. The predicted molar refractivity (Wildman–Crippen MR) is 85.9 cm³/mol. The van der Waals surface area contributed by atoms with Crippen molar-refractivity contribution in [1.82, 2.24) is 10.2 Å². The first-order valence-corrected chi connectivity index (χ1v) is 9.15. The maximum Gasteiger partial charge on any atom is 0.193 e. The summed E-state index contributed by atoms with van der Waals surface area (Å²) >= 11 is 0. The van der Waals surface area contributed by atoms with E-state index in [1.807, 2.05) is 0 Å². The summed E-state index contributed by atoms with van der Waals surface area (Å²) in [5.74, 6) is -5.86. The standard InChI is InChI=1S/C15H19F4N3O2S/c1-15(2)8-22(4-5-25(15,23)24)14(20-3)21-7-9-12(18)10(16)6-11(17)13(9)19/h6H,4-5,7-8H2,1-3H3,(H,20,21). The van der Waals surface area contributed by atoms with Gasteiger partial charge in [-0.2, -0.15) is 0 Å². The number of guanidine groups is 1. The van der Waals surface area contributed by atoms with Crippen molar-refractivity contribution >= 4 is 15.8 Å². The third kappa shape index (κ3) is 3.73. The summed E-state index contributed by atoms with van der Waals surface area (Å²) in [6.45, 7) is 2.88. The van der Waals surface area contributed by atoms with Gasteiger partial charge >= 0.3 is 0 Å². The molecule has 0 radical (unpaired) electrons. The van der Waals surface area contributed by atoms with Crippen LogP contribution < -0.4 is 5.32 Å². The zero-order valence-corrected chi connectivity index (χ0v) is 14.9. The van der Waals surface area contributed by atoms with E-state index in [0.29, 0.717) is 0 Å². The molecular weight excluding hydrogens is 362 g/mol. The van der Waals surface area contributed by atoms with Crippen LogP contribution in [-0.2, 0) is 16.4 Å². The van der Waals surface area contributed by atoms with Gasteiger partial charge in [-0.05, 0) is 13.8 Å². The zero-order chi connectivity index (χ0) is 19.0. The molecule has 25 heavy (non-hydrogen) atoms. The van der Waals surface area contributed by atoms with Crippen LogP contribution in [-0.4, -0.2) is 49.9 Å². The number of aliphatic imine (C=N–C) groups is 1. The predicted octanol–water partition coefficient (Wildman–Crippen LogP) is 1.83. The van der Waals surface area contributed by atoms with Crippen LogP contribution >= 0.6 is 0 Å². The highest BCUT2D eigenvalue weighted by atomic mass is 32.2. The van der Waals surface area contributed by atoms with E-state index in [9.17, 15) is 26.0 Å². The Kier molecular flexibility index (Phi) is 5.31. The number of rotatable bonds is 2. The quantitative estimate of drug-likeness (QED) is 0.368. The SMILES string of the molecule is CN=C(NCc1c(F)c(F)cc(F)c1F)N1CCS(=O)(=O)C(C)(C)C1. The normalized spacial score (nSPS) is 19.8. The molecule has 0 bridgehead atoms. The van der Waals surface area contributed by atoms with E-state index in [-0.39, 0.29) is 30.9 Å². The maximum absolute atomic E-state index is 13.7. The van der Waals surface area contributed by atoms with Gasteiger partial charge in [0.25, 0.3) is 0 Å². The third-order valence-corrected chi connectivity index (χ3v) is 6.71. The van der Waals surface area contributed by atoms with Crippen molar-refractivity contribution in [3.63, 3.8) is 0 Å². The molecule has 1 heterocycles. The second kappa shape index (κ2) is 6.81. The Morgan fingerprint density at radius 2 is 1.80 bits per heavy atom. The highest BCUT2D eigenvalue weighted by molar-refractivity contribution is 7.92. The lowest BCUT2D eigenvalue weighted by Crippen LogP contribution is -2.57. The monoisotopic (exact) mass is 381 g/mol. The Labute approximate surface area is 143 Å². The van der Waals surface area contributed by atoms with Gasteiger partial charge < -0.3 is 10.2 Å². The van der Waals surface area contributed by atoms with Gasteiger partial charge in [0, 0.05) is 38.3 Å². The number of hydrogen-bond acceptors (Lipinski definition) is 3. The molecule has 0 unspecified atom stereocenters. The van der Waals surface area contributed by atoms with Gasteiger partial charge in [0.15, 0.2) is 39.1 Å². The fraction of sp³-hybridized carbons (Fsp3) is 0.533. The first-order chi connectivity index (χ1) is 11.5. The van der Waals surface area contributed by atoms with Crippen molar-refractivity contribution in [2.24, 2.45) is 4.99 Å². The van der Waals surface area contributed by atoms with Gasteiger partial charge in [0.1, 0.15) is 0 Å². The first kappa shape index (κ1) is 19.5. The minimum atomic E-state index is -3.27. The number of benzene rings is 1. The molecule has 10 heteroatoms. The number of halogens is 4. The van der Waals surface area contributed by atoms with Crippen molar-refractivity contribution in [3.05, 3.63) is 34.9 Å². The maximum atomic E-state index is 13.7. The van der Waals surface area contributed by atoms with E-state index in [2.05, 4.69) is 10.3 Å². The van der Waals surface area contributed by atoms with E-state index < -0.39 is 50.0 Å². The van der Waals surface area contributed by atoms with E-state index in [0.717, 1.165) is 0 Å². The van der Waals surface area contributed by atoms with Crippen LogP contribution in [0.15, 0.2) is 11.1 Å². The molecule has 0 atom stereocenters. The Bertz CT molecular complexity index is 783. The summed E-state index contributed by atoms with van der Waals surface area (Å²) in [6.07, 6.45) is 0. The first-order valence-electron chi connectivity index (χ1n) is 7.50. The van der Waals surface area contributed by atoms with Crippen LogP contribution in [0.5, 0.6) is 0 Å². The molecule has 1 aromatic rings. The number of nitrogens with one attached hydrogen (secondary N) is 1. The fourth-order valence-electron chi connectivity index (χ4n) is 2.60. The number of sulfone groups is 1. The molecule has 0 saturated carbocycles. The van der Waals surface area contributed by atoms with Crippen LogP contribution in [0, 0.1) is 23.3 Å². The summed E-state index contributed by atoms with van der Waals surface area (Å²) in [6, 6.07) is 0.140. The number of hydrogen-bond donors (Lipinski definition) is 1. The van der Waals surface area contributed by atoms with Crippen molar-refractivity contribution in [3.8, 4) is 0 Å². The van der Waals surface area contributed by atoms with Crippen LogP contribution in [0.25, 0.3) is 0 Å². The minimum Gasteiger partial charge on any atom is -0.352 e. The lowest BCUT2D eigenvalue weighted by molar-refractivity contribution is 0.352. The van der Waals surface area contributed by atoms with Gasteiger partial charge in [0.05, 0.1) is 10.5 Å². The zero-order valence-electron chi connectivity index (χ0n) is 14.0. The number of nitrogens with zero attached hydrogens (tertiary/aromatic N) is 2. The highest BCUT2D eigenvalue weighted by Gasteiger charge is 2.41. The average molecular weight is 381 g/mol. The highest BCUT2D eigenvalue weighted by Crippen LogP contribution is 2.24. The van der Waals surface area contributed by atoms with Gasteiger partial charge in [-0.1, -0.05) is 0 Å². The minimum absolute atomic E-state index is 0.0992. The van der Waals surface area contributed by atoms with Crippen LogP contribution in [0.1, 0.15) is 19.4 Å². The van der Waals surface area contributed by atoms with Gasteiger partial charge in [0.2, 0.25) is 0 Å².